The van der Waals surface area contributed by atoms with Crippen molar-refractivity contribution in [1.82, 2.24) is 5.32 Å². The highest BCUT2D eigenvalue weighted by molar-refractivity contribution is 6.22. The molecule has 4 rings (SSSR count). The molecular weight excluding hydrogens is 460 g/mol. The van der Waals surface area contributed by atoms with E-state index in [2.05, 4.69) is 10.2 Å². The second kappa shape index (κ2) is 11.3. The lowest BCUT2D eigenvalue weighted by atomic mass is 9.91. The Bertz CT molecular complexity index is 1220. The summed E-state index contributed by atoms with van der Waals surface area (Å²) in [4.78, 5) is 26.4. The zero-order valence-electron chi connectivity index (χ0n) is 20.9. The Hall–Kier alpha value is -3.78. The lowest BCUT2D eigenvalue weighted by molar-refractivity contribution is -0.134. The number of fused-ring (bicyclic) bond motifs is 2. The van der Waals surface area contributed by atoms with E-state index in [0.717, 1.165) is 52.4 Å². The van der Waals surface area contributed by atoms with Gasteiger partial charge in [-0.15, -0.1) is 0 Å². The third-order valence-corrected chi connectivity index (χ3v) is 6.38. The van der Waals surface area contributed by atoms with Crippen LogP contribution < -0.4 is 19.7 Å². The number of anilines is 1. The zero-order valence-corrected chi connectivity index (χ0v) is 20.9. The van der Waals surface area contributed by atoms with Crippen LogP contribution in [-0.4, -0.2) is 63.9 Å². The van der Waals surface area contributed by atoms with Crippen molar-refractivity contribution in [2.75, 3.05) is 52.0 Å². The van der Waals surface area contributed by atoms with Gasteiger partial charge in [0.2, 0.25) is 0 Å². The van der Waals surface area contributed by atoms with Gasteiger partial charge < -0.3 is 29.5 Å². The summed E-state index contributed by atoms with van der Waals surface area (Å²) in [5, 5.41) is 12.4. The maximum Gasteiger partial charge on any atom is 0.341 e. The Labute approximate surface area is 211 Å². The van der Waals surface area contributed by atoms with E-state index in [1.165, 1.54) is 12.3 Å². The van der Waals surface area contributed by atoms with E-state index in [-0.39, 0.29) is 5.57 Å². The number of carbonyl (C=O) groups is 2. The van der Waals surface area contributed by atoms with Crippen LogP contribution >= 0.6 is 0 Å². The molecule has 0 unspecified atom stereocenters. The minimum absolute atomic E-state index is 0.285. The summed E-state index contributed by atoms with van der Waals surface area (Å²) in [6.45, 7) is 4.86. The van der Waals surface area contributed by atoms with Crippen molar-refractivity contribution in [2.45, 2.75) is 19.8 Å². The highest BCUT2D eigenvalue weighted by Crippen LogP contribution is 2.40. The highest BCUT2D eigenvalue weighted by Gasteiger charge is 2.21. The maximum absolute atomic E-state index is 12.7. The lowest BCUT2D eigenvalue weighted by Crippen LogP contribution is -2.28. The number of rotatable bonds is 7. The van der Waals surface area contributed by atoms with Gasteiger partial charge >= 0.3 is 5.97 Å². The minimum Gasteiger partial charge on any atom is -0.493 e. The fourth-order valence-electron chi connectivity index (χ4n) is 4.42. The van der Waals surface area contributed by atoms with Crippen molar-refractivity contribution in [2.24, 2.45) is 0 Å². The van der Waals surface area contributed by atoms with Gasteiger partial charge in [0.15, 0.2) is 5.78 Å². The number of likely N-dealkylation sites (N-methyl/N-ethyl adjacent to an activating group) is 1. The molecule has 2 aromatic carbocycles. The van der Waals surface area contributed by atoms with Gasteiger partial charge in [-0.3, -0.25) is 4.79 Å². The molecule has 8 nitrogen and oxygen atoms in total. The molecule has 0 atom stereocenters. The molecule has 36 heavy (non-hydrogen) atoms. The number of ketones is 1. The fraction of sp³-hybridized carbons (Fsp3) is 0.357. The van der Waals surface area contributed by atoms with Crippen LogP contribution in [-0.2, 0) is 20.7 Å². The number of carboxylic acid groups (broad SMARTS) is 1. The third kappa shape index (κ3) is 5.54. The molecule has 0 spiro atoms. The first-order valence-corrected chi connectivity index (χ1v) is 12.1. The molecule has 0 saturated heterocycles. The lowest BCUT2D eigenvalue weighted by Gasteiger charge is -2.28. The van der Waals surface area contributed by atoms with Gasteiger partial charge in [-0.2, -0.15) is 0 Å². The van der Waals surface area contributed by atoms with Crippen molar-refractivity contribution in [3.05, 3.63) is 59.3 Å². The molecule has 0 saturated carbocycles. The van der Waals surface area contributed by atoms with E-state index in [0.29, 0.717) is 38.4 Å². The van der Waals surface area contributed by atoms with Crippen molar-refractivity contribution >= 4 is 23.0 Å². The normalized spacial score (nSPS) is 18.4. The van der Waals surface area contributed by atoms with Gasteiger partial charge in [-0.1, -0.05) is 6.07 Å². The van der Waals surface area contributed by atoms with E-state index < -0.39 is 11.8 Å². The van der Waals surface area contributed by atoms with Gasteiger partial charge in [0.25, 0.3) is 0 Å². The number of hydrogen-bond acceptors (Lipinski definition) is 7. The summed E-state index contributed by atoms with van der Waals surface area (Å²) >= 11 is 0. The van der Waals surface area contributed by atoms with Crippen LogP contribution in [0.3, 0.4) is 0 Å². The quantitative estimate of drug-likeness (QED) is 0.446. The van der Waals surface area contributed by atoms with Crippen LogP contribution in [0.2, 0.25) is 0 Å². The zero-order chi connectivity index (χ0) is 25.7. The predicted octanol–water partition coefficient (Wildman–Crippen LogP) is 3.68. The van der Waals surface area contributed by atoms with Gasteiger partial charge in [0.1, 0.15) is 23.7 Å². The van der Waals surface area contributed by atoms with Crippen molar-refractivity contribution in [3.8, 4) is 22.6 Å². The van der Waals surface area contributed by atoms with Crippen LogP contribution in [0.4, 0.5) is 5.69 Å². The summed E-state index contributed by atoms with van der Waals surface area (Å²) in [5.41, 5.74) is 5.16. The number of methoxy groups -OCH3 is 1. The number of aliphatic carboxylic acids is 1. The molecular formula is C28H32N2O6. The van der Waals surface area contributed by atoms with Crippen LogP contribution in [0.1, 0.15) is 24.5 Å². The molecule has 0 aromatic heterocycles. The average Bonchev–Trinajstić information content (AvgIpc) is 2.85. The van der Waals surface area contributed by atoms with Crippen LogP contribution in [0.25, 0.3) is 16.7 Å². The monoisotopic (exact) mass is 492 g/mol. The number of nitrogens with zero attached hydrogens (tertiary/aromatic N) is 1. The molecule has 0 amide bonds. The first-order valence-electron chi connectivity index (χ1n) is 12.1. The first-order chi connectivity index (χ1) is 17.4. The maximum atomic E-state index is 12.7. The molecule has 2 aromatic rings. The SMILES string of the molecule is COCCCOc1cc2c(cc1-c1ccc3c(c1)OCCN3C)/C(C)=C/C(=O)/C(C(=O)O)=C\NCC2. The third-order valence-electron chi connectivity index (χ3n) is 6.38. The predicted molar refractivity (Wildman–Crippen MR) is 139 cm³/mol. The standard InChI is InChI=1S/C28H32N2O6/c1-18-13-25(31)23(28(32)33)17-29-8-7-20-14-26(35-11-4-10-34-3)22(16-21(18)20)19-5-6-24-27(15-19)36-12-9-30(24)2/h5-6,13-17,29H,4,7-12H2,1-3H3,(H,32,33)/b18-13+,23-17+. The number of benzene rings is 2. The smallest absolute Gasteiger partial charge is 0.341 e. The van der Waals surface area contributed by atoms with Gasteiger partial charge in [-0.25, -0.2) is 4.79 Å². The van der Waals surface area contributed by atoms with E-state index in [9.17, 15) is 14.7 Å². The van der Waals surface area contributed by atoms with Crippen molar-refractivity contribution in [3.63, 3.8) is 0 Å². The Kier molecular flexibility index (Phi) is 7.95. The summed E-state index contributed by atoms with van der Waals surface area (Å²) in [6.07, 6.45) is 4.05. The van der Waals surface area contributed by atoms with Crippen molar-refractivity contribution in [1.29, 1.82) is 0 Å². The molecule has 2 N–H and O–H groups in total. The summed E-state index contributed by atoms with van der Waals surface area (Å²) in [5.74, 6) is -0.245. The minimum atomic E-state index is -1.25. The van der Waals surface area contributed by atoms with Gasteiger partial charge in [0, 0.05) is 45.5 Å². The molecule has 0 fully saturated rings. The van der Waals surface area contributed by atoms with Crippen LogP contribution in [0.15, 0.2) is 48.2 Å². The molecule has 2 aliphatic rings. The molecule has 0 radical (unpaired) electrons. The Morgan fingerprint density at radius 3 is 2.81 bits per heavy atom. The summed E-state index contributed by atoms with van der Waals surface area (Å²) in [6, 6.07) is 10.2. The van der Waals surface area contributed by atoms with Gasteiger partial charge in [0.05, 0.1) is 18.8 Å². The molecule has 0 aliphatic carbocycles. The fourth-order valence-corrected chi connectivity index (χ4v) is 4.42. The molecule has 2 heterocycles. The van der Waals surface area contributed by atoms with E-state index >= 15 is 0 Å². The highest BCUT2D eigenvalue weighted by atomic mass is 16.5. The average molecular weight is 493 g/mol. The van der Waals surface area contributed by atoms with Crippen molar-refractivity contribution < 1.29 is 28.9 Å². The van der Waals surface area contributed by atoms with E-state index in [1.54, 1.807) is 7.11 Å². The summed E-state index contributed by atoms with van der Waals surface area (Å²) in [7, 11) is 3.71. The number of allylic oxidation sites excluding steroid dienone is 2. The first kappa shape index (κ1) is 25.3. The number of nitrogens with one attached hydrogen (secondary N) is 1. The Morgan fingerprint density at radius 2 is 2.03 bits per heavy atom. The second-order valence-corrected chi connectivity index (χ2v) is 8.91. The number of ether oxygens (including phenoxy) is 3. The van der Waals surface area contributed by atoms with Crippen LogP contribution in [0.5, 0.6) is 11.5 Å². The van der Waals surface area contributed by atoms with E-state index in [4.69, 9.17) is 14.2 Å². The summed E-state index contributed by atoms with van der Waals surface area (Å²) < 4.78 is 17.3. The topological polar surface area (TPSA) is 97.3 Å². The number of hydrogen-bond donors (Lipinski definition) is 2. The Balaban J connectivity index is 1.81. The largest absolute Gasteiger partial charge is 0.493 e. The molecule has 2 aliphatic heterocycles. The number of carboxylic acids is 1. The Morgan fingerprint density at radius 1 is 1.19 bits per heavy atom. The van der Waals surface area contributed by atoms with E-state index in [1.807, 2.05) is 44.3 Å². The second-order valence-electron chi connectivity index (χ2n) is 8.91. The molecule has 8 heteroatoms. The molecule has 0 bridgehead atoms. The van der Waals surface area contributed by atoms with Gasteiger partial charge in [-0.05, 0) is 65.9 Å². The van der Waals surface area contributed by atoms with Crippen LogP contribution in [0, 0.1) is 0 Å². The number of carbonyl (C=O) groups excluding carboxylic acids is 1. The molecule has 190 valence electrons.